The van der Waals surface area contributed by atoms with Crippen molar-refractivity contribution in [2.24, 2.45) is 0 Å². The predicted octanol–water partition coefficient (Wildman–Crippen LogP) is 3.84. The quantitative estimate of drug-likeness (QED) is 0.369. The number of nitrogens with zero attached hydrogens (tertiary/aromatic N) is 2. The summed E-state index contributed by atoms with van der Waals surface area (Å²) in [5.41, 5.74) is 3.43. The van der Waals surface area contributed by atoms with Gasteiger partial charge in [0.15, 0.2) is 6.80 Å². The highest BCUT2D eigenvalue weighted by Crippen LogP contribution is 2.23. The van der Waals surface area contributed by atoms with Crippen LogP contribution in [0, 0.1) is 0 Å². The molecule has 0 spiro atoms. The van der Waals surface area contributed by atoms with Crippen LogP contribution in [0.15, 0.2) is 49.6 Å². The number of rotatable bonds is 10. The summed E-state index contributed by atoms with van der Waals surface area (Å²) in [7, 11) is 0. The maximum atomic E-state index is 12.4. The Morgan fingerprint density at radius 1 is 1.18 bits per heavy atom. The number of allylic oxidation sites excluding steroid dienone is 4. The monoisotopic (exact) mass is 383 g/mol. The number of carboxylic acid groups (broad SMARTS) is 1. The van der Waals surface area contributed by atoms with Gasteiger partial charge in [-0.1, -0.05) is 31.4 Å². The number of aryl methyl sites for hydroxylation is 1. The van der Waals surface area contributed by atoms with E-state index >= 15 is 0 Å². The van der Waals surface area contributed by atoms with Crippen LogP contribution in [0.2, 0.25) is 0 Å². The SMILES string of the molecule is C=C/C=C(\C=C)c1nc2ccc(C(=O)NCF)cc2nc1CCCCC(=O)O. The lowest BCUT2D eigenvalue weighted by Gasteiger charge is -2.11. The zero-order valence-electron chi connectivity index (χ0n) is 15.4. The Balaban J connectivity index is 2.47. The molecule has 0 radical (unpaired) electrons. The Hall–Kier alpha value is -3.35. The lowest BCUT2D eigenvalue weighted by atomic mass is 10.0. The van der Waals surface area contributed by atoms with Gasteiger partial charge in [-0.05, 0) is 37.5 Å². The fourth-order valence-corrected chi connectivity index (χ4v) is 2.74. The van der Waals surface area contributed by atoms with Gasteiger partial charge in [-0.2, -0.15) is 0 Å². The van der Waals surface area contributed by atoms with Crippen LogP contribution in [0.25, 0.3) is 16.6 Å². The molecule has 7 heteroatoms. The molecule has 2 N–H and O–H groups in total. The molecule has 1 heterocycles. The molecule has 28 heavy (non-hydrogen) atoms. The third kappa shape index (κ3) is 5.33. The van der Waals surface area contributed by atoms with Crippen LogP contribution in [0.1, 0.15) is 41.0 Å². The first kappa shape index (κ1) is 21.0. The highest BCUT2D eigenvalue weighted by atomic mass is 19.1. The van der Waals surface area contributed by atoms with Gasteiger partial charge in [0, 0.05) is 17.6 Å². The second kappa shape index (κ2) is 10.1. The molecule has 2 aromatic rings. The molecule has 0 aliphatic rings. The molecular formula is C21H22FN3O3. The van der Waals surface area contributed by atoms with Crippen molar-refractivity contribution in [2.75, 3.05) is 6.80 Å². The Labute approximate surface area is 162 Å². The number of carbonyl (C=O) groups is 2. The first-order valence-electron chi connectivity index (χ1n) is 8.82. The van der Waals surface area contributed by atoms with Gasteiger partial charge in [-0.15, -0.1) is 0 Å². The number of carboxylic acids is 1. The molecule has 6 nitrogen and oxygen atoms in total. The van der Waals surface area contributed by atoms with Crippen LogP contribution in [0.5, 0.6) is 0 Å². The number of benzene rings is 1. The third-order valence-electron chi connectivity index (χ3n) is 4.07. The summed E-state index contributed by atoms with van der Waals surface area (Å²) in [5, 5.41) is 10.9. The van der Waals surface area contributed by atoms with E-state index in [-0.39, 0.29) is 12.0 Å². The number of aliphatic carboxylic acids is 1. The van der Waals surface area contributed by atoms with Gasteiger partial charge >= 0.3 is 5.97 Å². The fraction of sp³-hybridized carbons (Fsp3) is 0.238. The first-order valence-corrected chi connectivity index (χ1v) is 8.82. The van der Waals surface area contributed by atoms with Crippen molar-refractivity contribution in [3.63, 3.8) is 0 Å². The average molecular weight is 383 g/mol. The molecule has 1 aromatic carbocycles. The number of hydrogen-bond acceptors (Lipinski definition) is 4. The lowest BCUT2D eigenvalue weighted by molar-refractivity contribution is -0.137. The normalized spacial score (nSPS) is 11.2. The minimum absolute atomic E-state index is 0.0840. The van der Waals surface area contributed by atoms with E-state index in [1.165, 1.54) is 0 Å². The molecule has 0 aliphatic carbocycles. The number of alkyl halides is 1. The number of hydrogen-bond donors (Lipinski definition) is 2. The molecule has 2 rings (SSSR count). The van der Waals surface area contributed by atoms with Crippen molar-refractivity contribution in [1.82, 2.24) is 15.3 Å². The lowest BCUT2D eigenvalue weighted by Crippen LogP contribution is -2.21. The number of carbonyl (C=O) groups excluding carboxylic acids is 1. The van der Waals surface area contributed by atoms with E-state index in [1.807, 2.05) is 0 Å². The van der Waals surface area contributed by atoms with E-state index in [1.54, 1.807) is 36.4 Å². The minimum atomic E-state index is -0.953. The zero-order valence-corrected chi connectivity index (χ0v) is 15.4. The van der Waals surface area contributed by atoms with E-state index in [9.17, 15) is 14.0 Å². The van der Waals surface area contributed by atoms with Crippen LogP contribution in [-0.4, -0.2) is 33.7 Å². The molecule has 0 unspecified atom stereocenters. The van der Waals surface area contributed by atoms with E-state index < -0.39 is 18.7 Å². The summed E-state index contributed by atoms with van der Waals surface area (Å²) < 4.78 is 12.4. The van der Waals surface area contributed by atoms with Crippen LogP contribution < -0.4 is 5.32 Å². The van der Waals surface area contributed by atoms with E-state index in [0.29, 0.717) is 41.7 Å². The van der Waals surface area contributed by atoms with Crippen LogP contribution >= 0.6 is 0 Å². The standard InChI is InChI=1S/C21H22FN3O3/c1-3-7-14(4-2)20-17(8-5-6-9-19(26)27)24-18-12-15(21(28)23-13-22)10-11-16(18)25-20/h3-4,7,10-12H,1-2,5-6,8-9,13H2,(H,23,28)(H,26,27)/b14-7+. The number of halogens is 1. The molecule has 0 saturated heterocycles. The van der Waals surface area contributed by atoms with Crippen molar-refractivity contribution < 1.29 is 19.1 Å². The zero-order chi connectivity index (χ0) is 20.5. The first-order chi connectivity index (χ1) is 13.5. The van der Waals surface area contributed by atoms with Crippen molar-refractivity contribution in [2.45, 2.75) is 25.7 Å². The smallest absolute Gasteiger partial charge is 0.303 e. The van der Waals surface area contributed by atoms with E-state index in [4.69, 9.17) is 5.11 Å². The summed E-state index contributed by atoms with van der Waals surface area (Å²) in [4.78, 5) is 31.9. The Kier molecular flexibility index (Phi) is 7.56. The number of nitrogens with one attached hydrogen (secondary N) is 1. The molecule has 146 valence electrons. The molecular weight excluding hydrogens is 361 g/mol. The third-order valence-corrected chi connectivity index (χ3v) is 4.07. The largest absolute Gasteiger partial charge is 0.481 e. The molecule has 0 saturated carbocycles. The van der Waals surface area contributed by atoms with Gasteiger partial charge in [-0.25, -0.2) is 14.4 Å². The van der Waals surface area contributed by atoms with E-state index in [0.717, 1.165) is 5.57 Å². The molecule has 0 atom stereocenters. The van der Waals surface area contributed by atoms with Gasteiger partial charge < -0.3 is 10.4 Å². The molecule has 1 amide bonds. The predicted molar refractivity (Wildman–Crippen MR) is 107 cm³/mol. The van der Waals surface area contributed by atoms with Crippen LogP contribution in [0.4, 0.5) is 4.39 Å². The summed E-state index contributed by atoms with van der Waals surface area (Å²) in [6, 6.07) is 4.77. The topological polar surface area (TPSA) is 92.2 Å². The molecule has 0 aliphatic heterocycles. The Bertz CT molecular complexity index is 938. The van der Waals surface area contributed by atoms with Gasteiger partial charge in [0.2, 0.25) is 0 Å². The minimum Gasteiger partial charge on any atom is -0.481 e. The highest BCUT2D eigenvalue weighted by molar-refractivity contribution is 5.97. The molecule has 0 bridgehead atoms. The maximum absolute atomic E-state index is 12.4. The summed E-state index contributed by atoms with van der Waals surface area (Å²) in [5.74, 6) is -1.37. The summed E-state index contributed by atoms with van der Waals surface area (Å²) >= 11 is 0. The van der Waals surface area contributed by atoms with Crippen molar-refractivity contribution in [1.29, 1.82) is 0 Å². The number of unbranched alkanes of at least 4 members (excludes halogenated alkanes) is 1. The van der Waals surface area contributed by atoms with Crippen molar-refractivity contribution >= 4 is 28.5 Å². The molecule has 1 aromatic heterocycles. The van der Waals surface area contributed by atoms with E-state index in [2.05, 4.69) is 28.4 Å². The van der Waals surface area contributed by atoms with Crippen LogP contribution in [0.3, 0.4) is 0 Å². The molecule has 0 fully saturated rings. The number of aromatic nitrogens is 2. The second-order valence-corrected chi connectivity index (χ2v) is 6.02. The number of fused-ring (bicyclic) bond motifs is 1. The summed E-state index contributed by atoms with van der Waals surface area (Å²) in [6.45, 7) is 6.55. The Morgan fingerprint density at radius 2 is 1.96 bits per heavy atom. The van der Waals surface area contributed by atoms with Gasteiger partial charge in [0.05, 0.1) is 22.4 Å². The van der Waals surface area contributed by atoms with Crippen LogP contribution in [-0.2, 0) is 11.2 Å². The highest BCUT2D eigenvalue weighted by Gasteiger charge is 2.14. The van der Waals surface area contributed by atoms with Gasteiger partial charge in [0.25, 0.3) is 5.91 Å². The van der Waals surface area contributed by atoms with Crippen molar-refractivity contribution in [3.05, 3.63) is 66.5 Å². The van der Waals surface area contributed by atoms with Gasteiger partial charge in [0.1, 0.15) is 0 Å². The van der Waals surface area contributed by atoms with Crippen molar-refractivity contribution in [3.8, 4) is 0 Å². The summed E-state index contributed by atoms with van der Waals surface area (Å²) in [6.07, 6.45) is 6.80. The Morgan fingerprint density at radius 3 is 2.61 bits per heavy atom. The fourth-order valence-electron chi connectivity index (χ4n) is 2.74. The van der Waals surface area contributed by atoms with Gasteiger partial charge in [-0.3, -0.25) is 9.59 Å². The number of amides is 1. The average Bonchev–Trinajstić information content (AvgIpc) is 2.68. The second-order valence-electron chi connectivity index (χ2n) is 6.02. The maximum Gasteiger partial charge on any atom is 0.303 e.